The third-order valence-corrected chi connectivity index (χ3v) is 7.27. The molecular formula is C30H31ClN4O. The van der Waals surface area contributed by atoms with Crippen LogP contribution in [0.3, 0.4) is 0 Å². The van der Waals surface area contributed by atoms with E-state index < -0.39 is 0 Å². The van der Waals surface area contributed by atoms with Gasteiger partial charge < -0.3 is 9.80 Å². The molecule has 0 aliphatic carbocycles. The number of aldehydes is 1. The van der Waals surface area contributed by atoms with Gasteiger partial charge in [-0.25, -0.2) is 4.99 Å². The lowest BCUT2D eigenvalue weighted by atomic mass is 9.89. The van der Waals surface area contributed by atoms with E-state index >= 15 is 0 Å². The molecule has 0 radical (unpaired) electrons. The quantitative estimate of drug-likeness (QED) is 0.163. The molecule has 0 atom stereocenters. The lowest BCUT2D eigenvalue weighted by Gasteiger charge is -2.34. The molecular weight excluding hydrogens is 468 g/mol. The Balaban J connectivity index is 1.38. The number of piperidine rings is 1. The van der Waals surface area contributed by atoms with E-state index in [-0.39, 0.29) is 0 Å². The average molecular weight is 499 g/mol. The summed E-state index contributed by atoms with van der Waals surface area (Å²) in [5.41, 5.74) is 4.74. The first-order valence-corrected chi connectivity index (χ1v) is 12.6. The Morgan fingerprint density at radius 1 is 1.11 bits per heavy atom. The minimum atomic E-state index is 0.641. The highest BCUT2D eigenvalue weighted by atomic mass is 35.5. The number of halogens is 1. The van der Waals surface area contributed by atoms with Gasteiger partial charge in [0.15, 0.2) is 0 Å². The third kappa shape index (κ3) is 5.95. The zero-order valence-electron chi connectivity index (χ0n) is 21.0. The predicted molar refractivity (Wildman–Crippen MR) is 150 cm³/mol. The first kappa shape index (κ1) is 25.5. The van der Waals surface area contributed by atoms with Crippen LogP contribution in [0, 0.1) is 17.2 Å². The third-order valence-electron chi connectivity index (χ3n) is 6.96. The first-order chi connectivity index (χ1) is 17.4. The summed E-state index contributed by atoms with van der Waals surface area (Å²) >= 11 is 6.72. The zero-order chi connectivity index (χ0) is 25.7. The molecule has 3 aromatic rings. The Bertz CT molecular complexity index is 1360. The van der Waals surface area contributed by atoms with E-state index in [9.17, 15) is 4.79 Å². The van der Waals surface area contributed by atoms with Crippen LogP contribution in [-0.2, 0) is 11.2 Å². The SMILES string of the molecule is CC(=N/C(C)=C\C=O)N(C)c1ccc(N2CCC(Cc3ccc4cc(C#N)ccc4c3)CC2)c(Cl)c1. The second kappa shape index (κ2) is 11.4. The molecule has 0 saturated carbocycles. The second-order valence-electron chi connectivity index (χ2n) is 9.44. The van der Waals surface area contributed by atoms with E-state index in [2.05, 4.69) is 46.3 Å². The molecule has 0 N–H and O–H groups in total. The van der Waals surface area contributed by atoms with E-state index in [4.69, 9.17) is 16.9 Å². The van der Waals surface area contributed by atoms with Gasteiger partial charge in [0.1, 0.15) is 12.1 Å². The Morgan fingerprint density at radius 3 is 2.53 bits per heavy atom. The highest BCUT2D eigenvalue weighted by Gasteiger charge is 2.22. The van der Waals surface area contributed by atoms with Crippen LogP contribution in [0.15, 0.2) is 71.4 Å². The van der Waals surface area contributed by atoms with Gasteiger partial charge >= 0.3 is 0 Å². The fourth-order valence-corrected chi connectivity index (χ4v) is 5.11. The number of fused-ring (bicyclic) bond motifs is 1. The van der Waals surface area contributed by atoms with Crippen LogP contribution < -0.4 is 9.80 Å². The Kier molecular flexibility index (Phi) is 8.07. The summed E-state index contributed by atoms with van der Waals surface area (Å²) in [5, 5.41) is 12.2. The van der Waals surface area contributed by atoms with Crippen LogP contribution in [0.2, 0.25) is 5.02 Å². The lowest BCUT2D eigenvalue weighted by molar-refractivity contribution is -0.104. The summed E-state index contributed by atoms with van der Waals surface area (Å²) in [7, 11) is 1.94. The number of carbonyl (C=O) groups excluding carboxylic acids is 1. The molecule has 1 heterocycles. The molecule has 1 saturated heterocycles. The minimum Gasteiger partial charge on any atom is -0.370 e. The van der Waals surface area contributed by atoms with Crippen molar-refractivity contribution in [2.45, 2.75) is 33.1 Å². The van der Waals surface area contributed by atoms with Gasteiger partial charge in [-0.3, -0.25) is 4.79 Å². The monoisotopic (exact) mass is 498 g/mol. The summed E-state index contributed by atoms with van der Waals surface area (Å²) < 4.78 is 0. The largest absolute Gasteiger partial charge is 0.370 e. The predicted octanol–water partition coefficient (Wildman–Crippen LogP) is 6.78. The number of rotatable bonds is 6. The molecule has 6 heteroatoms. The summed E-state index contributed by atoms with van der Waals surface area (Å²) in [4.78, 5) is 19.5. The molecule has 0 unspecified atom stereocenters. The van der Waals surface area contributed by atoms with Crippen molar-refractivity contribution in [1.29, 1.82) is 5.26 Å². The van der Waals surface area contributed by atoms with Crippen molar-refractivity contribution in [2.24, 2.45) is 10.9 Å². The number of hydrogen-bond donors (Lipinski definition) is 0. The van der Waals surface area contributed by atoms with E-state index in [1.54, 1.807) is 6.92 Å². The fourth-order valence-electron chi connectivity index (χ4n) is 4.82. The van der Waals surface area contributed by atoms with Crippen LogP contribution >= 0.6 is 11.6 Å². The maximum absolute atomic E-state index is 10.7. The number of nitrogens with zero attached hydrogens (tertiary/aromatic N) is 4. The number of carbonyl (C=O) groups is 1. The van der Waals surface area contributed by atoms with Crippen molar-refractivity contribution in [3.63, 3.8) is 0 Å². The van der Waals surface area contributed by atoms with Crippen molar-refractivity contribution in [2.75, 3.05) is 29.9 Å². The maximum atomic E-state index is 10.7. The van der Waals surface area contributed by atoms with Gasteiger partial charge in [-0.1, -0.05) is 35.9 Å². The molecule has 3 aromatic carbocycles. The summed E-state index contributed by atoms with van der Waals surface area (Å²) in [5.74, 6) is 1.43. The fraction of sp³-hybridized carbons (Fsp3) is 0.300. The Hall–Kier alpha value is -3.62. The number of amidine groups is 1. The summed E-state index contributed by atoms with van der Waals surface area (Å²) in [6.07, 6.45) is 5.50. The molecule has 184 valence electrons. The Morgan fingerprint density at radius 2 is 1.83 bits per heavy atom. The van der Waals surface area contributed by atoms with Gasteiger partial charge in [-0.05, 0) is 91.8 Å². The number of benzene rings is 3. The lowest BCUT2D eigenvalue weighted by Crippen LogP contribution is -2.34. The molecule has 0 bridgehead atoms. The van der Waals surface area contributed by atoms with Crippen molar-refractivity contribution in [3.8, 4) is 6.07 Å². The van der Waals surface area contributed by atoms with Crippen molar-refractivity contribution < 1.29 is 4.79 Å². The highest BCUT2D eigenvalue weighted by Crippen LogP contribution is 2.34. The van der Waals surface area contributed by atoms with Gasteiger partial charge in [0, 0.05) is 31.5 Å². The van der Waals surface area contributed by atoms with E-state index in [0.717, 1.165) is 66.3 Å². The molecule has 0 amide bonds. The number of aliphatic imine (C=N–C) groups is 1. The molecule has 1 aliphatic rings. The molecule has 0 aromatic heterocycles. The van der Waals surface area contributed by atoms with Gasteiger partial charge in [0.2, 0.25) is 0 Å². The second-order valence-corrected chi connectivity index (χ2v) is 9.85. The summed E-state index contributed by atoms with van der Waals surface area (Å²) in [6.45, 7) is 5.67. The number of nitriles is 1. The zero-order valence-corrected chi connectivity index (χ0v) is 21.8. The van der Waals surface area contributed by atoms with Gasteiger partial charge in [0.05, 0.1) is 22.3 Å². The molecule has 1 aliphatic heterocycles. The highest BCUT2D eigenvalue weighted by molar-refractivity contribution is 6.33. The van der Waals surface area contributed by atoms with E-state index in [0.29, 0.717) is 17.2 Å². The first-order valence-electron chi connectivity index (χ1n) is 12.3. The van der Waals surface area contributed by atoms with Crippen LogP contribution in [-0.4, -0.2) is 32.3 Å². The minimum absolute atomic E-state index is 0.641. The van der Waals surface area contributed by atoms with Gasteiger partial charge in [-0.2, -0.15) is 5.26 Å². The van der Waals surface area contributed by atoms with Crippen LogP contribution in [0.5, 0.6) is 0 Å². The topological polar surface area (TPSA) is 59.7 Å². The average Bonchev–Trinajstić information content (AvgIpc) is 2.88. The number of hydrogen-bond acceptors (Lipinski definition) is 4. The number of anilines is 2. The van der Waals surface area contributed by atoms with Crippen LogP contribution in [0.25, 0.3) is 10.8 Å². The van der Waals surface area contributed by atoms with Crippen molar-refractivity contribution >= 4 is 45.9 Å². The smallest absolute Gasteiger partial charge is 0.144 e. The van der Waals surface area contributed by atoms with E-state index in [1.165, 1.54) is 17.0 Å². The van der Waals surface area contributed by atoms with Crippen molar-refractivity contribution in [3.05, 3.63) is 82.5 Å². The Labute approximate surface area is 218 Å². The molecule has 1 fully saturated rings. The van der Waals surface area contributed by atoms with Gasteiger partial charge in [-0.15, -0.1) is 0 Å². The normalized spacial score (nSPS) is 15.1. The molecule has 36 heavy (non-hydrogen) atoms. The molecule has 4 rings (SSSR count). The maximum Gasteiger partial charge on any atom is 0.144 e. The molecule has 0 spiro atoms. The van der Waals surface area contributed by atoms with Gasteiger partial charge in [0.25, 0.3) is 0 Å². The summed E-state index contributed by atoms with van der Waals surface area (Å²) in [6, 6.07) is 20.8. The van der Waals surface area contributed by atoms with E-state index in [1.807, 2.05) is 43.1 Å². The number of allylic oxidation sites excluding steroid dienone is 2. The van der Waals surface area contributed by atoms with Crippen molar-refractivity contribution in [1.82, 2.24) is 0 Å². The molecule has 5 nitrogen and oxygen atoms in total. The van der Waals surface area contributed by atoms with Crippen LogP contribution in [0.4, 0.5) is 11.4 Å². The standard InChI is InChI=1S/C30H31ClN4O/c1-21(12-15-36)33-22(2)34(3)28-8-9-30(29(31)19-28)35-13-10-23(11-14-35)16-24-4-6-27-18-25(20-32)5-7-26(27)17-24/h4-9,12,15,17-19,23H,10-11,13-14,16H2,1-3H3/b21-12-,33-22?. The van der Waals surface area contributed by atoms with Crippen LogP contribution in [0.1, 0.15) is 37.8 Å².